The van der Waals surface area contributed by atoms with Crippen molar-refractivity contribution in [3.8, 4) is 0 Å². The Hall–Kier alpha value is -2.69. The first-order valence-electron chi connectivity index (χ1n) is 10.7. The van der Waals surface area contributed by atoms with Crippen LogP contribution >= 0.6 is 0 Å². The molecule has 0 atom stereocenters. The molecule has 1 heterocycles. The molecule has 0 saturated heterocycles. The number of carbonyl (C=O) groups is 3. The summed E-state index contributed by atoms with van der Waals surface area (Å²) in [6.45, 7) is 0.270. The van der Waals surface area contributed by atoms with Crippen molar-refractivity contribution in [1.29, 1.82) is 0 Å². The van der Waals surface area contributed by atoms with E-state index in [4.69, 9.17) is 0 Å². The molecule has 0 unspecified atom stereocenters. The summed E-state index contributed by atoms with van der Waals surface area (Å²) in [5, 5.41) is 1.65. The van der Waals surface area contributed by atoms with Gasteiger partial charge in [0.1, 0.15) is 0 Å². The molecule has 0 radical (unpaired) electrons. The molecule has 2 aromatic rings. The van der Waals surface area contributed by atoms with Crippen LogP contribution in [-0.2, 0) is 4.79 Å². The number of rotatable bonds is 5. The van der Waals surface area contributed by atoms with E-state index < -0.39 is 0 Å². The van der Waals surface area contributed by atoms with Gasteiger partial charge in [-0.25, -0.2) is 0 Å². The van der Waals surface area contributed by atoms with Gasteiger partial charge in [-0.3, -0.25) is 19.3 Å². The fraction of sp³-hybridized carbons (Fsp3) is 0.458. The first-order valence-corrected chi connectivity index (χ1v) is 10.7. The van der Waals surface area contributed by atoms with Crippen molar-refractivity contribution in [2.75, 3.05) is 13.6 Å². The third kappa shape index (κ3) is 3.78. The van der Waals surface area contributed by atoms with E-state index in [1.807, 2.05) is 36.2 Å². The first-order chi connectivity index (χ1) is 14.1. The molecule has 0 spiro atoms. The van der Waals surface area contributed by atoms with Crippen LogP contribution in [0.15, 0.2) is 36.4 Å². The van der Waals surface area contributed by atoms with E-state index >= 15 is 0 Å². The molecule has 2 aliphatic rings. The van der Waals surface area contributed by atoms with Crippen molar-refractivity contribution in [2.24, 2.45) is 0 Å². The highest BCUT2D eigenvalue weighted by Crippen LogP contribution is 2.30. The Morgan fingerprint density at radius 2 is 1.55 bits per heavy atom. The molecule has 5 heteroatoms. The quantitative estimate of drug-likeness (QED) is 0.560. The standard InChI is InChI=1S/C24H28N2O3/c1-25(18-11-4-2-3-5-12-18)21(27)15-8-16-26-23(28)19-13-6-9-17-10-7-14-20(22(17)19)24(26)29/h6-7,9-10,13-14,18H,2-5,8,11-12,15-16H2,1H3. The van der Waals surface area contributed by atoms with Crippen molar-refractivity contribution in [3.63, 3.8) is 0 Å². The van der Waals surface area contributed by atoms with Crippen LogP contribution in [0.3, 0.4) is 0 Å². The lowest BCUT2D eigenvalue weighted by atomic mass is 9.94. The Morgan fingerprint density at radius 1 is 0.966 bits per heavy atom. The van der Waals surface area contributed by atoms with Gasteiger partial charge in [0.2, 0.25) is 5.91 Å². The van der Waals surface area contributed by atoms with E-state index in [9.17, 15) is 14.4 Å². The van der Waals surface area contributed by atoms with E-state index in [0.29, 0.717) is 30.0 Å². The molecular formula is C24H28N2O3. The minimum absolute atomic E-state index is 0.108. The van der Waals surface area contributed by atoms with Crippen LogP contribution in [0.5, 0.6) is 0 Å². The third-order valence-electron chi connectivity index (χ3n) is 6.39. The van der Waals surface area contributed by atoms with Crippen LogP contribution < -0.4 is 0 Å². The molecule has 3 amide bonds. The summed E-state index contributed by atoms with van der Waals surface area (Å²) in [6, 6.07) is 11.4. The molecule has 5 nitrogen and oxygen atoms in total. The van der Waals surface area contributed by atoms with Crippen molar-refractivity contribution in [2.45, 2.75) is 57.4 Å². The zero-order chi connectivity index (χ0) is 20.4. The van der Waals surface area contributed by atoms with Gasteiger partial charge >= 0.3 is 0 Å². The Morgan fingerprint density at radius 3 is 2.14 bits per heavy atom. The van der Waals surface area contributed by atoms with Crippen molar-refractivity contribution in [3.05, 3.63) is 47.5 Å². The maximum absolute atomic E-state index is 12.9. The van der Waals surface area contributed by atoms with Gasteiger partial charge in [-0.15, -0.1) is 0 Å². The van der Waals surface area contributed by atoms with Gasteiger partial charge in [0.25, 0.3) is 11.8 Å². The molecule has 2 aromatic carbocycles. The summed E-state index contributed by atoms with van der Waals surface area (Å²) in [6.07, 6.45) is 7.88. The van der Waals surface area contributed by atoms with Crippen LogP contribution in [0.25, 0.3) is 10.8 Å². The monoisotopic (exact) mass is 392 g/mol. The van der Waals surface area contributed by atoms with Crippen LogP contribution in [0, 0.1) is 0 Å². The predicted molar refractivity (Wildman–Crippen MR) is 113 cm³/mol. The van der Waals surface area contributed by atoms with E-state index in [-0.39, 0.29) is 24.3 Å². The molecule has 0 N–H and O–H groups in total. The van der Waals surface area contributed by atoms with Gasteiger partial charge in [-0.2, -0.15) is 0 Å². The summed E-state index contributed by atoms with van der Waals surface area (Å²) < 4.78 is 0. The number of hydrogen-bond donors (Lipinski definition) is 0. The Bertz CT molecular complexity index is 894. The molecule has 0 aromatic heterocycles. The lowest BCUT2D eigenvalue weighted by molar-refractivity contribution is -0.132. The smallest absolute Gasteiger partial charge is 0.261 e. The molecule has 1 fully saturated rings. The zero-order valence-corrected chi connectivity index (χ0v) is 17.0. The van der Waals surface area contributed by atoms with Crippen molar-refractivity contribution >= 4 is 28.5 Å². The van der Waals surface area contributed by atoms with Gasteiger partial charge in [-0.05, 0) is 36.8 Å². The average Bonchev–Trinajstić information content (AvgIpc) is 3.03. The lowest BCUT2D eigenvalue weighted by Gasteiger charge is -2.29. The second-order valence-corrected chi connectivity index (χ2v) is 8.22. The average molecular weight is 392 g/mol. The number of imide groups is 1. The Labute approximate surface area is 171 Å². The summed E-state index contributed by atoms with van der Waals surface area (Å²) >= 11 is 0. The molecule has 0 bridgehead atoms. The topological polar surface area (TPSA) is 57.7 Å². The second-order valence-electron chi connectivity index (χ2n) is 8.22. The summed E-state index contributed by atoms with van der Waals surface area (Å²) in [7, 11) is 1.90. The van der Waals surface area contributed by atoms with E-state index in [2.05, 4.69) is 0 Å². The van der Waals surface area contributed by atoms with Crippen LogP contribution in [0.1, 0.15) is 72.1 Å². The van der Waals surface area contributed by atoms with E-state index in [1.54, 1.807) is 12.1 Å². The highest BCUT2D eigenvalue weighted by atomic mass is 16.2. The maximum atomic E-state index is 12.9. The fourth-order valence-electron chi connectivity index (χ4n) is 4.70. The first kappa shape index (κ1) is 19.6. The van der Waals surface area contributed by atoms with Crippen molar-refractivity contribution in [1.82, 2.24) is 9.80 Å². The van der Waals surface area contributed by atoms with Gasteiger partial charge in [-0.1, -0.05) is 49.9 Å². The van der Waals surface area contributed by atoms with Gasteiger partial charge < -0.3 is 4.90 Å². The largest absolute Gasteiger partial charge is 0.343 e. The number of nitrogens with zero attached hydrogens (tertiary/aromatic N) is 2. The number of amides is 3. The Balaban J connectivity index is 1.41. The highest BCUT2D eigenvalue weighted by molar-refractivity contribution is 6.25. The molecule has 1 aliphatic carbocycles. The summed E-state index contributed by atoms with van der Waals surface area (Å²) in [5.41, 5.74) is 1.14. The van der Waals surface area contributed by atoms with Crippen molar-refractivity contribution < 1.29 is 14.4 Å². The summed E-state index contributed by atoms with van der Waals surface area (Å²) in [5.74, 6) is -0.413. The Kier molecular flexibility index (Phi) is 5.65. The molecule has 29 heavy (non-hydrogen) atoms. The second kappa shape index (κ2) is 8.36. The minimum atomic E-state index is -0.260. The lowest BCUT2D eigenvalue weighted by Crippen LogP contribution is -2.41. The van der Waals surface area contributed by atoms with E-state index in [1.165, 1.54) is 30.6 Å². The number of carbonyl (C=O) groups excluding carboxylic acids is 3. The SMILES string of the molecule is CN(C(=O)CCCN1C(=O)c2cccc3cccc(c23)C1=O)C1CCCCCC1. The predicted octanol–water partition coefficient (Wildman–Crippen LogP) is 4.40. The molecule has 1 saturated carbocycles. The van der Waals surface area contributed by atoms with Gasteiger partial charge in [0.05, 0.1) is 0 Å². The third-order valence-corrected chi connectivity index (χ3v) is 6.39. The van der Waals surface area contributed by atoms with Crippen LogP contribution in [-0.4, -0.2) is 47.2 Å². The van der Waals surface area contributed by atoms with Crippen LogP contribution in [0.4, 0.5) is 0 Å². The molecule has 4 rings (SSSR count). The maximum Gasteiger partial charge on any atom is 0.261 e. The molecular weight excluding hydrogens is 364 g/mol. The normalized spacial score (nSPS) is 17.5. The summed E-state index contributed by atoms with van der Waals surface area (Å²) in [4.78, 5) is 41.7. The van der Waals surface area contributed by atoms with Crippen LogP contribution in [0.2, 0.25) is 0 Å². The minimum Gasteiger partial charge on any atom is -0.343 e. The van der Waals surface area contributed by atoms with Gasteiger partial charge in [0.15, 0.2) is 0 Å². The van der Waals surface area contributed by atoms with Gasteiger partial charge in [0, 0.05) is 42.6 Å². The highest BCUT2D eigenvalue weighted by Gasteiger charge is 2.32. The molecule has 1 aliphatic heterocycles. The molecule has 152 valence electrons. The van der Waals surface area contributed by atoms with E-state index in [0.717, 1.165) is 23.6 Å². The zero-order valence-electron chi connectivity index (χ0n) is 17.0. The number of benzene rings is 2. The fourth-order valence-corrected chi connectivity index (χ4v) is 4.70. The number of hydrogen-bond acceptors (Lipinski definition) is 3.